The molecule has 0 fully saturated rings. The first-order chi connectivity index (χ1) is 14.5. The number of amides is 1. The third-order valence-corrected chi connectivity index (χ3v) is 6.61. The highest BCUT2D eigenvalue weighted by Crippen LogP contribution is 2.42. The summed E-state index contributed by atoms with van der Waals surface area (Å²) in [6, 6.07) is 6.13. The zero-order valence-corrected chi connectivity index (χ0v) is 17.6. The molecule has 0 bridgehead atoms. The minimum absolute atomic E-state index is 0.0179. The van der Waals surface area contributed by atoms with E-state index in [4.69, 9.17) is 16.0 Å². The molecule has 4 heterocycles. The van der Waals surface area contributed by atoms with Crippen LogP contribution in [0.1, 0.15) is 45.2 Å². The first-order valence-electron chi connectivity index (χ1n) is 9.32. The molecule has 1 atom stereocenters. The van der Waals surface area contributed by atoms with Crippen LogP contribution in [0.5, 0.6) is 0 Å². The molecule has 150 valence electrons. The van der Waals surface area contributed by atoms with Crippen molar-refractivity contribution in [1.29, 1.82) is 0 Å². The van der Waals surface area contributed by atoms with E-state index < -0.39 is 11.9 Å². The maximum Gasteiger partial charge on any atom is 0.297 e. The summed E-state index contributed by atoms with van der Waals surface area (Å²) in [7, 11) is 0. The number of halogens is 1. The number of aromatic nitrogens is 3. The average Bonchev–Trinajstić information content (AvgIpc) is 3.33. The topological polar surface area (TPSA) is 89.2 Å². The van der Waals surface area contributed by atoms with Crippen LogP contribution in [-0.4, -0.2) is 21.1 Å². The monoisotopic (exact) mass is 438 g/mol. The number of fused-ring (bicyclic) bond motifs is 2. The summed E-state index contributed by atoms with van der Waals surface area (Å²) in [4.78, 5) is 32.5. The number of carbonyl (C=O) groups excluding carboxylic acids is 1. The number of pyridine rings is 1. The van der Waals surface area contributed by atoms with Crippen LogP contribution in [0.15, 0.2) is 45.9 Å². The van der Waals surface area contributed by atoms with Gasteiger partial charge in [-0.2, -0.15) is 0 Å². The van der Waals surface area contributed by atoms with Gasteiger partial charge in [0.2, 0.25) is 10.9 Å². The largest absolute Gasteiger partial charge is 0.450 e. The van der Waals surface area contributed by atoms with E-state index in [9.17, 15) is 9.59 Å². The molecule has 1 aromatic carbocycles. The van der Waals surface area contributed by atoms with Crippen LogP contribution < -0.4 is 10.3 Å². The zero-order chi connectivity index (χ0) is 21.0. The van der Waals surface area contributed by atoms with Crippen LogP contribution in [0.25, 0.3) is 11.0 Å². The molecule has 0 N–H and O–H groups in total. The Morgan fingerprint density at radius 2 is 1.97 bits per heavy atom. The number of hydrogen-bond acceptors (Lipinski definition) is 7. The molecule has 0 saturated heterocycles. The van der Waals surface area contributed by atoms with Gasteiger partial charge in [0.1, 0.15) is 10.6 Å². The number of hydrogen-bond donors (Lipinski definition) is 0. The van der Waals surface area contributed by atoms with Crippen LogP contribution in [0.4, 0.5) is 5.13 Å². The molecule has 0 saturated carbocycles. The van der Waals surface area contributed by atoms with Crippen LogP contribution in [0.3, 0.4) is 0 Å². The number of anilines is 1. The average molecular weight is 439 g/mol. The van der Waals surface area contributed by atoms with Crippen molar-refractivity contribution in [3.63, 3.8) is 0 Å². The van der Waals surface area contributed by atoms with Crippen molar-refractivity contribution in [3.05, 3.63) is 79.4 Å². The first kappa shape index (κ1) is 18.9. The number of aryl methyl sites for hydroxylation is 2. The van der Waals surface area contributed by atoms with Crippen LogP contribution in [-0.2, 0) is 6.42 Å². The van der Waals surface area contributed by atoms with E-state index in [-0.39, 0.29) is 16.8 Å². The van der Waals surface area contributed by atoms with Crippen molar-refractivity contribution in [2.75, 3.05) is 4.90 Å². The molecule has 30 heavy (non-hydrogen) atoms. The third kappa shape index (κ3) is 2.75. The molecule has 3 aromatic heterocycles. The van der Waals surface area contributed by atoms with E-state index in [0.29, 0.717) is 27.5 Å². The molecule has 7 nitrogen and oxygen atoms in total. The predicted octanol–water partition coefficient (Wildman–Crippen LogP) is 4.31. The number of rotatable bonds is 3. The van der Waals surface area contributed by atoms with Gasteiger partial charge in [0.05, 0.1) is 17.0 Å². The van der Waals surface area contributed by atoms with Gasteiger partial charge in [-0.25, -0.2) is 0 Å². The van der Waals surface area contributed by atoms with Gasteiger partial charge in [0.25, 0.3) is 5.91 Å². The molecule has 1 aliphatic rings. The Hall–Kier alpha value is -3.10. The summed E-state index contributed by atoms with van der Waals surface area (Å²) in [5, 5.41) is 10.4. The highest BCUT2D eigenvalue weighted by molar-refractivity contribution is 7.15. The van der Waals surface area contributed by atoms with E-state index in [1.54, 1.807) is 36.7 Å². The number of carbonyl (C=O) groups is 1. The fourth-order valence-electron chi connectivity index (χ4n) is 3.64. The van der Waals surface area contributed by atoms with Crippen LogP contribution >= 0.6 is 22.9 Å². The second kappa shape index (κ2) is 7.00. The lowest BCUT2D eigenvalue weighted by molar-refractivity contribution is 0.0970. The van der Waals surface area contributed by atoms with Crippen LogP contribution in [0, 0.1) is 6.92 Å². The molecule has 1 unspecified atom stereocenters. The highest BCUT2D eigenvalue weighted by Gasteiger charge is 2.45. The van der Waals surface area contributed by atoms with Crippen molar-refractivity contribution < 1.29 is 9.21 Å². The quantitative estimate of drug-likeness (QED) is 0.473. The van der Waals surface area contributed by atoms with E-state index in [1.807, 2.05) is 13.8 Å². The van der Waals surface area contributed by atoms with Gasteiger partial charge < -0.3 is 4.42 Å². The fraction of sp³-hybridized carbons (Fsp3) is 0.190. The maximum atomic E-state index is 13.5. The van der Waals surface area contributed by atoms with Gasteiger partial charge in [-0.15, -0.1) is 10.2 Å². The number of benzene rings is 1. The number of nitrogens with zero attached hydrogens (tertiary/aromatic N) is 4. The molecule has 1 aliphatic heterocycles. The lowest BCUT2D eigenvalue weighted by Gasteiger charge is -2.21. The van der Waals surface area contributed by atoms with Gasteiger partial charge in [-0.1, -0.05) is 29.9 Å². The molecular weight excluding hydrogens is 424 g/mol. The normalized spacial score (nSPS) is 15.8. The van der Waals surface area contributed by atoms with Crippen molar-refractivity contribution in [2.45, 2.75) is 26.3 Å². The molecule has 9 heteroatoms. The van der Waals surface area contributed by atoms with Crippen LogP contribution in [0.2, 0.25) is 5.02 Å². The summed E-state index contributed by atoms with van der Waals surface area (Å²) < 4.78 is 5.96. The fourth-order valence-corrected chi connectivity index (χ4v) is 4.61. The SMILES string of the molecule is CCc1nnc(N2C(=O)c3oc4cc(C)c(Cl)cc4c(=O)c3C2c2ccncc2)s1. The summed E-state index contributed by atoms with van der Waals surface area (Å²) in [6.45, 7) is 3.78. The lowest BCUT2D eigenvalue weighted by atomic mass is 9.99. The summed E-state index contributed by atoms with van der Waals surface area (Å²) >= 11 is 7.57. The van der Waals surface area contributed by atoms with Gasteiger partial charge in [0.15, 0.2) is 5.43 Å². The van der Waals surface area contributed by atoms with Gasteiger partial charge in [0, 0.05) is 17.4 Å². The molecule has 4 aromatic rings. The zero-order valence-electron chi connectivity index (χ0n) is 16.0. The van der Waals surface area contributed by atoms with Gasteiger partial charge in [-0.05, 0) is 48.7 Å². The Kier molecular flexibility index (Phi) is 4.41. The molecule has 0 spiro atoms. The smallest absolute Gasteiger partial charge is 0.297 e. The minimum atomic E-state index is -0.686. The molecular formula is C21H15ClN4O3S. The lowest BCUT2D eigenvalue weighted by Crippen LogP contribution is -2.29. The van der Waals surface area contributed by atoms with E-state index in [1.165, 1.54) is 16.2 Å². The van der Waals surface area contributed by atoms with Crippen molar-refractivity contribution >= 4 is 44.9 Å². The Labute approximate surface area is 180 Å². The molecule has 1 amide bonds. The van der Waals surface area contributed by atoms with Crippen molar-refractivity contribution in [1.82, 2.24) is 15.2 Å². The second-order valence-electron chi connectivity index (χ2n) is 6.96. The molecule has 0 aliphatic carbocycles. The van der Waals surface area contributed by atoms with E-state index in [0.717, 1.165) is 16.1 Å². The first-order valence-corrected chi connectivity index (χ1v) is 10.5. The summed E-state index contributed by atoms with van der Waals surface area (Å²) in [5.41, 5.74) is 1.81. The van der Waals surface area contributed by atoms with E-state index >= 15 is 0 Å². The summed E-state index contributed by atoms with van der Waals surface area (Å²) in [6.07, 6.45) is 3.94. The standard InChI is InChI=1S/C21H15ClN4O3S/c1-3-15-24-25-21(30-15)26-17(11-4-6-23-7-5-11)16-18(27)12-9-13(22)10(2)8-14(12)29-19(16)20(26)28/h4-9,17H,3H2,1-2H3. The van der Waals surface area contributed by atoms with Crippen molar-refractivity contribution in [2.24, 2.45) is 0 Å². The highest BCUT2D eigenvalue weighted by atomic mass is 35.5. The van der Waals surface area contributed by atoms with Crippen molar-refractivity contribution in [3.8, 4) is 0 Å². The Bertz CT molecular complexity index is 1370. The summed E-state index contributed by atoms with van der Waals surface area (Å²) in [5.74, 6) is -0.401. The van der Waals surface area contributed by atoms with Gasteiger partial charge in [-0.3, -0.25) is 19.5 Å². The van der Waals surface area contributed by atoms with Gasteiger partial charge >= 0.3 is 0 Å². The molecule has 0 radical (unpaired) electrons. The Balaban J connectivity index is 1.81. The maximum absolute atomic E-state index is 13.5. The van der Waals surface area contributed by atoms with E-state index in [2.05, 4.69) is 15.2 Å². The third-order valence-electron chi connectivity index (χ3n) is 5.14. The second-order valence-corrected chi connectivity index (χ2v) is 8.41. The predicted molar refractivity (Wildman–Crippen MR) is 114 cm³/mol. The molecule has 5 rings (SSSR count). The Morgan fingerprint density at radius 1 is 1.20 bits per heavy atom. The minimum Gasteiger partial charge on any atom is -0.450 e. The Morgan fingerprint density at radius 3 is 2.67 bits per heavy atom.